The third kappa shape index (κ3) is 3.98. The van der Waals surface area contributed by atoms with Gasteiger partial charge in [-0.2, -0.15) is 26.3 Å². The first kappa shape index (κ1) is 20.6. The van der Waals surface area contributed by atoms with Crippen LogP contribution >= 0.6 is 23.2 Å². The summed E-state index contributed by atoms with van der Waals surface area (Å²) in [6.45, 7) is 0. The van der Waals surface area contributed by atoms with Gasteiger partial charge in [-0.25, -0.2) is 0 Å². The lowest BCUT2D eigenvalue weighted by Crippen LogP contribution is -2.14. The van der Waals surface area contributed by atoms with Gasteiger partial charge >= 0.3 is 12.4 Å². The average molecular weight is 434 g/mol. The Morgan fingerprint density at radius 2 is 1.11 bits per heavy atom. The smallest absolute Gasteiger partial charge is 0.166 e. The summed E-state index contributed by atoms with van der Waals surface area (Å²) < 4.78 is 80.4. The Hall–Kier alpha value is -2.18. The van der Waals surface area contributed by atoms with Crippen molar-refractivity contribution in [1.82, 2.24) is 0 Å². The minimum atomic E-state index is -5.02. The molecule has 0 N–H and O–H groups in total. The molecule has 0 aliphatic heterocycles. The van der Waals surface area contributed by atoms with E-state index in [0.717, 1.165) is 12.1 Å². The molecule has 1 radical (unpaired) electrons. The van der Waals surface area contributed by atoms with Crippen LogP contribution in [0.25, 0.3) is 22.3 Å². The minimum Gasteiger partial charge on any atom is -0.166 e. The van der Waals surface area contributed by atoms with Crippen LogP contribution in [-0.4, -0.2) is 0 Å². The number of rotatable bonds is 2. The van der Waals surface area contributed by atoms with Gasteiger partial charge < -0.3 is 0 Å². The van der Waals surface area contributed by atoms with Gasteiger partial charge in [0.15, 0.2) is 0 Å². The van der Waals surface area contributed by atoms with E-state index < -0.39 is 29.0 Å². The standard InChI is InChI=1S/C20H9Cl2F6/c21-15-9-12(10-16(22)18(15)11-5-2-1-3-6-11)17-13(19(23,24)25)7-4-8-14(17)20(26,27)28/h1-3,5-10H. The first-order valence-electron chi connectivity index (χ1n) is 7.73. The van der Waals surface area contributed by atoms with E-state index in [2.05, 4.69) is 0 Å². The summed E-state index contributed by atoms with van der Waals surface area (Å²) >= 11 is 12.4. The summed E-state index contributed by atoms with van der Waals surface area (Å²) in [5.41, 5.74) is -3.47. The Labute approximate surface area is 166 Å². The van der Waals surface area contributed by atoms with Crippen molar-refractivity contribution >= 4 is 23.2 Å². The molecule has 28 heavy (non-hydrogen) atoms. The molecule has 0 atom stereocenters. The summed E-state index contributed by atoms with van der Waals surface area (Å²) in [4.78, 5) is 0. The van der Waals surface area contributed by atoms with Crippen molar-refractivity contribution in [3.63, 3.8) is 0 Å². The Morgan fingerprint density at radius 1 is 0.643 bits per heavy atom. The Morgan fingerprint density at radius 3 is 1.54 bits per heavy atom. The Bertz CT molecular complexity index is 952. The van der Waals surface area contributed by atoms with E-state index in [1.165, 1.54) is 0 Å². The highest BCUT2D eigenvalue weighted by molar-refractivity contribution is 6.39. The Kier molecular flexibility index (Phi) is 5.38. The topological polar surface area (TPSA) is 0 Å². The van der Waals surface area contributed by atoms with Gasteiger partial charge in [0.2, 0.25) is 0 Å². The van der Waals surface area contributed by atoms with Crippen molar-refractivity contribution < 1.29 is 26.3 Å². The molecule has 0 saturated heterocycles. The van der Waals surface area contributed by atoms with Crippen LogP contribution in [0.1, 0.15) is 11.1 Å². The van der Waals surface area contributed by atoms with E-state index >= 15 is 0 Å². The fourth-order valence-electron chi connectivity index (χ4n) is 2.85. The second-order valence-electron chi connectivity index (χ2n) is 5.83. The second-order valence-corrected chi connectivity index (χ2v) is 6.65. The lowest BCUT2D eigenvalue weighted by molar-refractivity contribution is -0.142. The molecule has 0 aliphatic rings. The normalized spacial score (nSPS) is 12.3. The molecule has 0 amide bonds. The van der Waals surface area contributed by atoms with Gasteiger partial charge in [-0.1, -0.05) is 53.5 Å². The van der Waals surface area contributed by atoms with Crippen molar-refractivity contribution in [2.75, 3.05) is 0 Å². The molecule has 3 aromatic carbocycles. The molecular formula is C20H9Cl2F6. The second kappa shape index (κ2) is 7.33. The van der Waals surface area contributed by atoms with Crippen LogP contribution < -0.4 is 0 Å². The lowest BCUT2D eigenvalue weighted by atomic mass is 9.92. The van der Waals surface area contributed by atoms with Crippen LogP contribution in [0.4, 0.5) is 26.3 Å². The van der Waals surface area contributed by atoms with Crippen LogP contribution in [0.5, 0.6) is 0 Å². The van der Waals surface area contributed by atoms with E-state index in [1.807, 2.05) is 6.07 Å². The van der Waals surface area contributed by atoms with Crippen molar-refractivity contribution in [2.45, 2.75) is 12.4 Å². The number of benzene rings is 3. The van der Waals surface area contributed by atoms with Crippen LogP contribution in [0.3, 0.4) is 0 Å². The molecular weight excluding hydrogens is 425 g/mol. The van der Waals surface area contributed by atoms with Crippen molar-refractivity contribution in [1.29, 1.82) is 0 Å². The Balaban J connectivity index is 2.30. The molecule has 0 nitrogen and oxygen atoms in total. The number of hydrogen-bond acceptors (Lipinski definition) is 0. The van der Waals surface area contributed by atoms with E-state index in [-0.39, 0.29) is 15.6 Å². The predicted octanol–water partition coefficient (Wildman–Crippen LogP) is 8.17. The molecule has 0 heterocycles. The van der Waals surface area contributed by atoms with Gasteiger partial charge in [-0.15, -0.1) is 0 Å². The van der Waals surface area contributed by atoms with Gasteiger partial charge in [0, 0.05) is 11.1 Å². The summed E-state index contributed by atoms with van der Waals surface area (Å²) in [6, 6.07) is 13.4. The number of halogens is 8. The maximum absolute atomic E-state index is 13.4. The fraction of sp³-hybridized carbons (Fsp3) is 0.100. The molecule has 0 aliphatic carbocycles. The summed E-state index contributed by atoms with van der Waals surface area (Å²) in [5, 5.41) is -0.134. The lowest BCUT2D eigenvalue weighted by Gasteiger charge is -2.20. The zero-order valence-electron chi connectivity index (χ0n) is 13.7. The fourth-order valence-corrected chi connectivity index (χ4v) is 3.56. The third-order valence-electron chi connectivity index (χ3n) is 4.00. The average Bonchev–Trinajstić information content (AvgIpc) is 2.60. The monoisotopic (exact) mass is 433 g/mol. The van der Waals surface area contributed by atoms with E-state index in [9.17, 15) is 26.3 Å². The van der Waals surface area contributed by atoms with Crippen molar-refractivity contribution in [2.24, 2.45) is 0 Å². The summed E-state index contributed by atoms with van der Waals surface area (Å²) in [6.07, 6.45) is -10.0. The maximum atomic E-state index is 13.4. The molecule has 0 spiro atoms. The van der Waals surface area contributed by atoms with Gasteiger partial charge in [-0.3, -0.25) is 0 Å². The minimum absolute atomic E-state index is 0.0669. The summed E-state index contributed by atoms with van der Waals surface area (Å²) in [7, 11) is 0. The number of alkyl halides is 6. The molecule has 3 rings (SSSR count). The zero-order valence-corrected chi connectivity index (χ0v) is 15.2. The highest BCUT2D eigenvalue weighted by Crippen LogP contribution is 2.47. The van der Waals surface area contributed by atoms with E-state index in [1.54, 1.807) is 30.3 Å². The third-order valence-corrected chi connectivity index (χ3v) is 4.59. The van der Waals surface area contributed by atoms with Gasteiger partial charge in [0.05, 0.1) is 21.2 Å². The van der Waals surface area contributed by atoms with E-state index in [0.29, 0.717) is 23.3 Å². The van der Waals surface area contributed by atoms with E-state index in [4.69, 9.17) is 23.2 Å². The van der Waals surface area contributed by atoms with Gasteiger partial charge in [-0.05, 0) is 41.5 Å². The van der Waals surface area contributed by atoms with Crippen LogP contribution in [-0.2, 0) is 12.4 Å². The molecule has 3 aromatic rings. The maximum Gasteiger partial charge on any atom is 0.417 e. The van der Waals surface area contributed by atoms with Crippen LogP contribution in [0.2, 0.25) is 10.0 Å². The first-order valence-corrected chi connectivity index (χ1v) is 8.49. The SMILES string of the molecule is FC(F)(F)c1c[c]cc(C(F)(F)F)c1-c1cc(Cl)c(-c2ccccc2)c(Cl)c1. The molecule has 0 fully saturated rings. The van der Waals surface area contributed by atoms with Crippen molar-refractivity contribution in [3.8, 4) is 22.3 Å². The number of hydrogen-bond donors (Lipinski definition) is 0. The molecule has 0 bridgehead atoms. The van der Waals surface area contributed by atoms with Gasteiger partial charge in [0.1, 0.15) is 0 Å². The van der Waals surface area contributed by atoms with Crippen molar-refractivity contribution in [3.05, 3.63) is 81.8 Å². The molecule has 0 saturated carbocycles. The molecule has 145 valence electrons. The first-order chi connectivity index (χ1) is 13.0. The highest BCUT2D eigenvalue weighted by atomic mass is 35.5. The van der Waals surface area contributed by atoms with Crippen LogP contribution in [0, 0.1) is 6.07 Å². The van der Waals surface area contributed by atoms with Crippen LogP contribution in [0.15, 0.2) is 54.6 Å². The highest BCUT2D eigenvalue weighted by Gasteiger charge is 2.41. The predicted molar refractivity (Wildman–Crippen MR) is 96.2 cm³/mol. The molecule has 0 aromatic heterocycles. The quantitative estimate of drug-likeness (QED) is 0.357. The summed E-state index contributed by atoms with van der Waals surface area (Å²) in [5.74, 6) is 0. The molecule has 8 heteroatoms. The molecule has 0 unspecified atom stereocenters. The zero-order chi connectivity index (χ0) is 20.7. The largest absolute Gasteiger partial charge is 0.417 e. The van der Waals surface area contributed by atoms with Gasteiger partial charge in [0.25, 0.3) is 0 Å².